The molecule has 5 aliphatic rings. The number of aliphatic imine (C=N–C) groups is 1. The molecule has 106 heavy (non-hydrogen) atoms. The summed E-state index contributed by atoms with van der Waals surface area (Å²) in [7, 11) is 0. The molecule has 9 heterocycles. The fourth-order valence-corrected chi connectivity index (χ4v) is 16.8. The summed E-state index contributed by atoms with van der Waals surface area (Å²) in [6.07, 6.45) is -3.03. The van der Waals surface area contributed by atoms with Crippen molar-refractivity contribution in [3.63, 3.8) is 0 Å². The van der Waals surface area contributed by atoms with Crippen LogP contribution in [0.3, 0.4) is 0 Å². The largest absolute Gasteiger partial charge is 0.455 e. The molecule has 18 N–H and O–H groups in total. The molecule has 5 aromatic heterocycles. The number of hydrogen-bond acceptors (Lipinski definition) is 30. The molecule has 15 unspecified atom stereocenters. The zero-order valence-corrected chi connectivity index (χ0v) is 62.4. The van der Waals surface area contributed by atoms with Crippen LogP contribution in [0.5, 0.6) is 0 Å². The monoisotopic (exact) mass is 1570 g/mol. The molecule has 34 nitrogen and oxygen atoms in total. The lowest BCUT2D eigenvalue weighted by Gasteiger charge is -2.45. The maximum atomic E-state index is 15.2. The molecule has 40 heteroatoms. The van der Waals surface area contributed by atoms with Crippen LogP contribution in [0.2, 0.25) is 0 Å². The first-order valence-corrected chi connectivity index (χ1v) is 37.4. The smallest absolute Gasteiger partial charge is 0.357 e. The standard InChI is InChI=1S/C66H74N18O16S6/c1-12-34-59-77-40(20-102-59)56(96)83-48(65(11,99)31(10)87)62-79-42(22-105-62)58(101)82-44-30(9)100-63(98)37-17-33(28(7)85)32-13-14-35(46(88)45(32)73-37)68-24(3)50(90)70-25(4)51(91)71-26(5)52(92)72-27(6)53(93)84-66(64-80-41(21-106-64)55(95)81-43(29(8)86)57(97)75-34)16-15-36(74-47(66)38-18-104-61(44)76-38)60-78-39(19-103-60)54(94)69-23(2)49(67)89/h12-14,17-19,21-22,24,28-31,35-36,40,43-44,46-48,68,74,85-88,99H,2,4-6,15-16,20H2,1,3,7-11H3,(H2,67,89)(H,69,94)(H,70,90)(H,71,91)(H,72,92)(H,75,97)(H,81,95)(H,82,101)(H,83,96)(H,84,93). The van der Waals surface area contributed by atoms with Crippen molar-refractivity contribution in [2.24, 2.45) is 10.7 Å². The number of hydrogen-bond donors (Lipinski definition) is 17. The summed E-state index contributed by atoms with van der Waals surface area (Å²) in [5.41, 5.74) is -1.49. The number of esters is 1. The lowest BCUT2D eigenvalue weighted by atomic mass is 9.78. The van der Waals surface area contributed by atoms with Gasteiger partial charge in [-0.25, -0.2) is 29.7 Å². The Hall–Kier alpha value is -9.56. The number of cyclic esters (lactones) is 1. The van der Waals surface area contributed by atoms with Crippen molar-refractivity contribution in [3.8, 4) is 0 Å². The second kappa shape index (κ2) is 32.3. The van der Waals surface area contributed by atoms with E-state index in [1.807, 2.05) is 0 Å². The van der Waals surface area contributed by atoms with Crippen LogP contribution in [0.4, 0.5) is 0 Å². The highest BCUT2D eigenvalue weighted by Gasteiger charge is 2.52. The number of carbonyl (C=O) groups is 10. The summed E-state index contributed by atoms with van der Waals surface area (Å²) in [5, 5.41) is 93.7. The van der Waals surface area contributed by atoms with Crippen molar-refractivity contribution in [1.82, 2.24) is 83.4 Å². The Morgan fingerprint density at radius 1 is 0.792 bits per heavy atom. The summed E-state index contributed by atoms with van der Waals surface area (Å²) in [6.45, 7) is 24.3. The molecule has 15 atom stereocenters. The number of nitrogens with one attached hydrogen (secondary N) is 11. The highest BCUT2D eigenvalue weighted by Crippen LogP contribution is 2.48. The van der Waals surface area contributed by atoms with Crippen molar-refractivity contribution in [2.45, 2.75) is 151 Å². The Labute approximate surface area is 630 Å². The summed E-state index contributed by atoms with van der Waals surface area (Å²) in [5.74, 6) is -9.84. The van der Waals surface area contributed by atoms with Crippen molar-refractivity contribution < 1.29 is 78.2 Å². The van der Waals surface area contributed by atoms with Crippen LogP contribution in [0.15, 0.2) is 99.5 Å². The number of thiocarbonyl (C=S) groups is 1. The van der Waals surface area contributed by atoms with E-state index in [4.69, 9.17) is 37.6 Å². The Kier molecular flexibility index (Phi) is 24.0. The fraction of sp³-hybridized carbons (Fsp3) is 0.379. The lowest BCUT2D eigenvalue weighted by Crippen LogP contribution is -2.58. The van der Waals surface area contributed by atoms with Crippen LogP contribution in [0, 0.1) is 0 Å². The number of nitrogens with zero attached hydrogens (tertiary/aromatic N) is 6. The van der Waals surface area contributed by atoms with Gasteiger partial charge in [-0.3, -0.25) is 58.8 Å². The molecular formula is C66H74N18O16S6. The first-order chi connectivity index (χ1) is 50.0. The first-order valence-electron chi connectivity index (χ1n) is 32.5. The molecule has 5 aromatic rings. The lowest BCUT2D eigenvalue weighted by molar-refractivity contribution is -0.128. The second-order valence-corrected chi connectivity index (χ2v) is 30.3. The van der Waals surface area contributed by atoms with E-state index >= 15 is 4.79 Å². The molecule has 0 saturated carbocycles. The molecule has 560 valence electrons. The van der Waals surface area contributed by atoms with E-state index < -0.39 is 178 Å². The van der Waals surface area contributed by atoms with Crippen LogP contribution < -0.4 is 64.2 Å². The number of aliphatic hydroxyl groups is 5. The number of pyridine rings is 1. The molecular weight excluding hydrogens is 1490 g/mol. The predicted octanol–water partition coefficient (Wildman–Crippen LogP) is 0.745. The number of allylic oxidation sites excluding steroid dienone is 1. The average molecular weight is 1570 g/mol. The summed E-state index contributed by atoms with van der Waals surface area (Å²) >= 11 is 11.0. The molecule has 0 spiro atoms. The summed E-state index contributed by atoms with van der Waals surface area (Å²) in [6, 6.07) is -8.90. The number of aromatic nitrogens is 5. The second-order valence-electron chi connectivity index (χ2n) is 25.4. The molecule has 1 fully saturated rings. The number of carbonyl (C=O) groups excluding carboxylic acids is 10. The third-order valence-corrected chi connectivity index (χ3v) is 23.0. The zero-order valence-electron chi connectivity index (χ0n) is 57.5. The molecule has 1 aliphatic carbocycles. The van der Waals surface area contributed by atoms with Gasteiger partial charge in [0.15, 0.2) is 0 Å². The van der Waals surface area contributed by atoms with Crippen molar-refractivity contribution >= 4 is 145 Å². The summed E-state index contributed by atoms with van der Waals surface area (Å²) < 4.78 is 6.30. The molecule has 13 bridgehead atoms. The predicted molar refractivity (Wildman–Crippen MR) is 393 cm³/mol. The van der Waals surface area contributed by atoms with Crippen LogP contribution >= 0.6 is 69.3 Å². The Balaban J connectivity index is 1.17. The van der Waals surface area contributed by atoms with Gasteiger partial charge in [0, 0.05) is 32.8 Å². The van der Waals surface area contributed by atoms with Crippen LogP contribution in [0.1, 0.15) is 177 Å². The minimum atomic E-state index is -2.13. The van der Waals surface area contributed by atoms with Gasteiger partial charge in [-0.05, 0) is 72.9 Å². The minimum absolute atomic E-state index is 0.00398. The van der Waals surface area contributed by atoms with Gasteiger partial charge in [0.1, 0.15) is 100 Å². The number of piperidine rings is 1. The van der Waals surface area contributed by atoms with Crippen molar-refractivity contribution in [1.29, 1.82) is 0 Å². The normalized spacial score (nSPS) is 27.2. The maximum absolute atomic E-state index is 15.2. The van der Waals surface area contributed by atoms with E-state index in [1.54, 1.807) is 12.3 Å². The number of amides is 9. The van der Waals surface area contributed by atoms with Gasteiger partial charge in [-0.2, -0.15) is 0 Å². The fourth-order valence-electron chi connectivity index (χ4n) is 11.5. The molecule has 10 rings (SSSR count). The zero-order chi connectivity index (χ0) is 77.3. The Morgan fingerprint density at radius 2 is 1.46 bits per heavy atom. The number of thiazole rings is 4. The average Bonchev–Trinajstić information content (AvgIpc) is 1.47. The quantitative estimate of drug-likeness (QED) is 0.0579. The third kappa shape index (κ3) is 16.8. The number of ether oxygens (including phenoxy) is 1. The highest BCUT2D eigenvalue weighted by atomic mass is 32.2. The number of fused-ring (bicyclic) bond motifs is 7. The van der Waals surface area contributed by atoms with Crippen molar-refractivity contribution in [3.05, 3.63) is 160 Å². The van der Waals surface area contributed by atoms with Gasteiger partial charge in [0.05, 0.1) is 82.4 Å². The molecule has 0 aromatic carbocycles. The Morgan fingerprint density at radius 3 is 2.13 bits per heavy atom. The van der Waals surface area contributed by atoms with E-state index in [0.29, 0.717) is 0 Å². The van der Waals surface area contributed by atoms with Gasteiger partial charge in [0.2, 0.25) is 17.7 Å². The van der Waals surface area contributed by atoms with E-state index in [0.717, 1.165) is 57.1 Å². The number of nitrogens with two attached hydrogens (primary N) is 1. The van der Waals surface area contributed by atoms with Crippen LogP contribution in [-0.2, 0) is 43.8 Å². The van der Waals surface area contributed by atoms with Crippen LogP contribution in [0.25, 0.3) is 6.08 Å². The van der Waals surface area contributed by atoms with E-state index in [9.17, 15) is 68.7 Å². The van der Waals surface area contributed by atoms with E-state index in [1.165, 1.54) is 82.0 Å². The maximum Gasteiger partial charge on any atom is 0.357 e. The van der Waals surface area contributed by atoms with Crippen LogP contribution in [-0.4, -0.2) is 173 Å². The first kappa shape index (κ1) is 79.0. The van der Waals surface area contributed by atoms with Gasteiger partial charge < -0.3 is 83.9 Å². The Bertz CT molecular complexity index is 4590. The molecule has 4 aliphatic heterocycles. The molecule has 9 amide bonds. The van der Waals surface area contributed by atoms with E-state index in [2.05, 4.69) is 99.8 Å². The molecule has 0 radical (unpaired) electrons. The minimum Gasteiger partial charge on any atom is -0.455 e. The molecule has 1 saturated heterocycles. The van der Waals surface area contributed by atoms with Crippen molar-refractivity contribution in [2.75, 3.05) is 5.75 Å². The van der Waals surface area contributed by atoms with Gasteiger partial charge >= 0.3 is 5.97 Å². The topological polar surface area (TPSA) is 516 Å². The highest BCUT2D eigenvalue weighted by molar-refractivity contribution is 8.14. The van der Waals surface area contributed by atoms with Gasteiger partial charge in [-0.1, -0.05) is 56.8 Å². The summed E-state index contributed by atoms with van der Waals surface area (Å²) in [4.78, 5) is 168. The SMILES string of the molecule is C=C(NC(=O)c1csc(C2CCC34NC(=O)C(=C)NC(=O)C(=C)NC(=O)C(=C)NC(=O)C(C)NC5C=Cc6c(C(C)O)cc(nc6C5O)C(=O)OC(C)C(NC(=S)c5csc(n5)C(C(C)(O)C(C)O)NC(=O)C5CSC(=N5)C(=CC)NC(=O)C(C(C)O)NC(=O)c5csc3n5)c3nc(cs3)C4N2)n1)C(N)=O. The number of rotatable bonds is 8. The number of primary amides is 1. The third-order valence-electron chi connectivity index (χ3n) is 17.7. The van der Waals surface area contributed by atoms with E-state index in [-0.39, 0.29) is 94.0 Å². The number of aliphatic hydroxyl groups excluding tert-OH is 4. The number of thioether (sulfide) groups is 1. The van der Waals surface area contributed by atoms with Gasteiger partial charge in [0.25, 0.3) is 35.4 Å². The van der Waals surface area contributed by atoms with Gasteiger partial charge in [-0.15, -0.1) is 57.1 Å².